The van der Waals surface area contributed by atoms with Crippen molar-refractivity contribution in [2.24, 2.45) is 0 Å². The van der Waals surface area contributed by atoms with Crippen molar-refractivity contribution in [1.82, 2.24) is 14.9 Å². The molecule has 152 valence electrons. The van der Waals surface area contributed by atoms with E-state index >= 15 is 0 Å². The van der Waals surface area contributed by atoms with Crippen LogP contribution in [0.4, 0.5) is 0 Å². The molecule has 0 amide bonds. The van der Waals surface area contributed by atoms with Crippen LogP contribution >= 0.6 is 11.3 Å². The highest BCUT2D eigenvalue weighted by Gasteiger charge is 2.24. The molecule has 1 aromatic carbocycles. The van der Waals surface area contributed by atoms with Gasteiger partial charge in [0.15, 0.2) is 0 Å². The summed E-state index contributed by atoms with van der Waals surface area (Å²) in [4.78, 5) is 46.5. The van der Waals surface area contributed by atoms with E-state index < -0.39 is 17.5 Å². The molecule has 0 atom stereocenters. The molecule has 8 nitrogen and oxygen atoms in total. The molecule has 1 N–H and O–H groups in total. The Morgan fingerprint density at radius 1 is 1.14 bits per heavy atom. The Kier molecular flexibility index (Phi) is 6.40. The average molecular weight is 415 g/mol. The molecule has 3 aromatic rings. The van der Waals surface area contributed by atoms with Crippen LogP contribution in [0.3, 0.4) is 0 Å². The van der Waals surface area contributed by atoms with Gasteiger partial charge in [0.2, 0.25) is 0 Å². The quantitative estimate of drug-likeness (QED) is 0.590. The van der Waals surface area contributed by atoms with Gasteiger partial charge in [0.05, 0.1) is 32.6 Å². The van der Waals surface area contributed by atoms with Gasteiger partial charge in [-0.15, -0.1) is 11.3 Å². The number of esters is 2. The second-order valence-electron chi connectivity index (χ2n) is 6.50. The van der Waals surface area contributed by atoms with E-state index in [1.807, 2.05) is 42.3 Å². The lowest BCUT2D eigenvalue weighted by Gasteiger charge is -2.15. The monoisotopic (exact) mass is 415 g/mol. The number of aromatic amines is 1. The highest BCUT2D eigenvalue weighted by atomic mass is 32.1. The van der Waals surface area contributed by atoms with Gasteiger partial charge in [0.1, 0.15) is 15.5 Å². The van der Waals surface area contributed by atoms with Crippen molar-refractivity contribution in [3.63, 3.8) is 0 Å². The number of carbonyl (C=O) groups excluding carboxylic acids is 2. The van der Waals surface area contributed by atoms with Gasteiger partial charge in [0.25, 0.3) is 5.56 Å². The first-order valence-electron chi connectivity index (χ1n) is 8.85. The van der Waals surface area contributed by atoms with Crippen LogP contribution in [0.15, 0.2) is 35.1 Å². The fourth-order valence-electron chi connectivity index (χ4n) is 3.03. The SMILES string of the molecule is COC(=O)Cc1c(C(=O)OC)sc2nc(CN(C)Cc3ccccc3)[nH]c(=O)c12. The van der Waals surface area contributed by atoms with Gasteiger partial charge in [-0.05, 0) is 12.6 Å². The van der Waals surface area contributed by atoms with E-state index in [0.717, 1.165) is 16.9 Å². The Balaban J connectivity index is 1.95. The molecule has 0 saturated heterocycles. The van der Waals surface area contributed by atoms with Crippen molar-refractivity contribution in [2.75, 3.05) is 21.3 Å². The Labute approximate surface area is 171 Å². The normalized spacial score (nSPS) is 11.0. The first kappa shape index (κ1) is 20.7. The fourth-order valence-corrected chi connectivity index (χ4v) is 4.16. The summed E-state index contributed by atoms with van der Waals surface area (Å²) in [6, 6.07) is 9.95. The zero-order chi connectivity index (χ0) is 21.0. The van der Waals surface area contributed by atoms with Crippen LogP contribution in [0.25, 0.3) is 10.2 Å². The second kappa shape index (κ2) is 8.97. The predicted molar refractivity (Wildman–Crippen MR) is 109 cm³/mol. The van der Waals surface area contributed by atoms with Gasteiger partial charge in [-0.25, -0.2) is 9.78 Å². The van der Waals surface area contributed by atoms with Crippen LogP contribution in [-0.2, 0) is 33.8 Å². The number of rotatable bonds is 7. The molecule has 3 rings (SSSR count). The summed E-state index contributed by atoms with van der Waals surface area (Å²) in [6.45, 7) is 1.10. The Bertz CT molecular complexity index is 1090. The minimum atomic E-state index is -0.617. The first-order chi connectivity index (χ1) is 13.9. The highest BCUT2D eigenvalue weighted by molar-refractivity contribution is 7.20. The Morgan fingerprint density at radius 3 is 2.52 bits per heavy atom. The number of benzene rings is 1. The molecule has 0 aliphatic rings. The zero-order valence-corrected chi connectivity index (χ0v) is 17.2. The maximum Gasteiger partial charge on any atom is 0.348 e. The smallest absolute Gasteiger partial charge is 0.348 e. The largest absolute Gasteiger partial charge is 0.469 e. The summed E-state index contributed by atoms with van der Waals surface area (Å²) in [7, 11) is 4.42. The molecule has 0 aliphatic heterocycles. The van der Waals surface area contributed by atoms with Crippen LogP contribution in [0.5, 0.6) is 0 Å². The minimum absolute atomic E-state index is 0.181. The van der Waals surface area contributed by atoms with Crippen molar-refractivity contribution < 1.29 is 19.1 Å². The lowest BCUT2D eigenvalue weighted by Crippen LogP contribution is -2.22. The van der Waals surface area contributed by atoms with E-state index in [4.69, 9.17) is 4.74 Å². The summed E-state index contributed by atoms with van der Waals surface area (Å²) in [6.07, 6.45) is -0.209. The average Bonchev–Trinajstić information content (AvgIpc) is 3.06. The molecule has 0 fully saturated rings. The van der Waals surface area contributed by atoms with E-state index in [0.29, 0.717) is 23.7 Å². The van der Waals surface area contributed by atoms with Crippen LogP contribution in [0.2, 0.25) is 0 Å². The molecule has 0 aliphatic carbocycles. The number of ether oxygens (including phenoxy) is 2. The van der Waals surface area contributed by atoms with Crippen LogP contribution in [-0.4, -0.2) is 48.1 Å². The molecule has 0 saturated carbocycles. The molecule has 29 heavy (non-hydrogen) atoms. The van der Waals surface area contributed by atoms with Crippen molar-refractivity contribution in [3.8, 4) is 0 Å². The molecule has 0 spiro atoms. The summed E-state index contributed by atoms with van der Waals surface area (Å²) in [5, 5.41) is 0.218. The molecule has 0 bridgehead atoms. The summed E-state index contributed by atoms with van der Waals surface area (Å²) >= 11 is 1.04. The minimum Gasteiger partial charge on any atom is -0.469 e. The number of nitrogens with one attached hydrogen (secondary N) is 1. The number of aromatic nitrogens is 2. The zero-order valence-electron chi connectivity index (χ0n) is 16.4. The van der Waals surface area contributed by atoms with Crippen molar-refractivity contribution in [3.05, 3.63) is 62.5 Å². The molecule has 2 heterocycles. The van der Waals surface area contributed by atoms with Gasteiger partial charge in [-0.1, -0.05) is 30.3 Å². The van der Waals surface area contributed by atoms with Crippen molar-refractivity contribution in [2.45, 2.75) is 19.5 Å². The molecule has 0 unspecified atom stereocenters. The molecular weight excluding hydrogens is 394 g/mol. The number of fused-ring (bicyclic) bond motifs is 1. The number of H-pyrrole nitrogens is 1. The fraction of sp³-hybridized carbons (Fsp3) is 0.300. The number of hydrogen-bond donors (Lipinski definition) is 1. The first-order valence-corrected chi connectivity index (χ1v) is 9.66. The summed E-state index contributed by atoms with van der Waals surface area (Å²) < 4.78 is 9.48. The Morgan fingerprint density at radius 2 is 1.86 bits per heavy atom. The number of thiophene rings is 1. The molecule has 0 radical (unpaired) electrons. The number of hydrogen-bond acceptors (Lipinski definition) is 8. The van der Waals surface area contributed by atoms with Gasteiger partial charge in [0, 0.05) is 12.1 Å². The van der Waals surface area contributed by atoms with E-state index in [2.05, 4.69) is 14.7 Å². The van der Waals surface area contributed by atoms with Crippen molar-refractivity contribution >= 4 is 33.5 Å². The standard InChI is InChI=1S/C20H21N3O5S/c1-23(10-12-7-5-4-6-8-12)11-14-21-18(25)16-13(9-15(24)27-2)17(20(26)28-3)29-19(16)22-14/h4-8H,9-11H2,1-3H3,(H,21,22,25). The number of methoxy groups -OCH3 is 2. The Hall–Kier alpha value is -3.04. The number of carbonyl (C=O) groups is 2. The number of nitrogens with zero attached hydrogens (tertiary/aromatic N) is 2. The van der Waals surface area contributed by atoms with E-state index in [1.165, 1.54) is 14.2 Å². The molecular formula is C20H21N3O5S. The predicted octanol–water partition coefficient (Wildman–Crippen LogP) is 2.12. The third-order valence-corrected chi connectivity index (χ3v) is 5.45. The topological polar surface area (TPSA) is 102 Å². The van der Waals surface area contributed by atoms with Gasteiger partial charge in [-0.2, -0.15) is 0 Å². The highest BCUT2D eigenvalue weighted by Crippen LogP contribution is 2.29. The molecule has 2 aromatic heterocycles. The summed E-state index contributed by atoms with van der Waals surface area (Å²) in [5.74, 6) is -0.696. The lowest BCUT2D eigenvalue weighted by molar-refractivity contribution is -0.139. The van der Waals surface area contributed by atoms with Gasteiger partial charge in [-0.3, -0.25) is 14.5 Å². The second-order valence-corrected chi connectivity index (χ2v) is 7.50. The van der Waals surface area contributed by atoms with Crippen molar-refractivity contribution in [1.29, 1.82) is 0 Å². The van der Waals surface area contributed by atoms with Crippen LogP contribution in [0, 0.1) is 0 Å². The third kappa shape index (κ3) is 4.69. The van der Waals surface area contributed by atoms with Crippen LogP contribution < -0.4 is 5.56 Å². The molecule has 9 heteroatoms. The van der Waals surface area contributed by atoms with E-state index in [1.54, 1.807) is 0 Å². The maximum atomic E-state index is 12.7. The maximum absolute atomic E-state index is 12.7. The lowest BCUT2D eigenvalue weighted by atomic mass is 10.1. The van der Waals surface area contributed by atoms with Gasteiger partial charge < -0.3 is 14.5 Å². The van der Waals surface area contributed by atoms with Gasteiger partial charge >= 0.3 is 11.9 Å². The van der Waals surface area contributed by atoms with E-state index in [9.17, 15) is 14.4 Å². The third-order valence-electron chi connectivity index (χ3n) is 4.34. The van der Waals surface area contributed by atoms with E-state index in [-0.39, 0.29) is 22.2 Å². The van der Waals surface area contributed by atoms with Crippen LogP contribution in [0.1, 0.15) is 26.6 Å². The summed E-state index contributed by atoms with van der Waals surface area (Å²) in [5.41, 5.74) is 1.02.